The average molecular weight is 366 g/mol. The lowest BCUT2D eigenvalue weighted by atomic mass is 9.90. The highest BCUT2D eigenvalue weighted by Crippen LogP contribution is 2.35. The quantitative estimate of drug-likeness (QED) is 0.794. The summed E-state index contributed by atoms with van der Waals surface area (Å²) in [5.74, 6) is -0.453. The minimum Gasteiger partial charge on any atom is -0.466 e. The Kier molecular flexibility index (Phi) is 5.61. The number of hydrogen-bond acceptors (Lipinski definition) is 4. The Labute approximate surface area is 160 Å². The highest BCUT2D eigenvalue weighted by atomic mass is 16.5. The van der Waals surface area contributed by atoms with Crippen molar-refractivity contribution in [1.82, 2.24) is 5.32 Å². The van der Waals surface area contributed by atoms with Crippen LogP contribution in [0.15, 0.2) is 24.3 Å². The summed E-state index contributed by atoms with van der Waals surface area (Å²) < 4.78 is 5.15. The van der Waals surface area contributed by atoms with Gasteiger partial charge in [-0.3, -0.25) is 9.59 Å². The first kappa shape index (κ1) is 19.1. The summed E-state index contributed by atoms with van der Waals surface area (Å²) in [7, 11) is 0. The van der Waals surface area contributed by atoms with Crippen LogP contribution in [0.25, 0.3) is 0 Å². The highest BCUT2D eigenvalue weighted by Gasteiger charge is 2.25. The lowest BCUT2D eigenvalue weighted by Crippen LogP contribution is -2.18. The van der Waals surface area contributed by atoms with E-state index in [-0.39, 0.29) is 18.3 Å². The normalized spacial score (nSPS) is 12.6. The van der Waals surface area contributed by atoms with E-state index in [2.05, 4.69) is 10.6 Å². The molecule has 0 fully saturated rings. The molecule has 0 bridgehead atoms. The van der Waals surface area contributed by atoms with Crippen LogP contribution in [0.4, 0.5) is 5.69 Å². The lowest BCUT2D eigenvalue weighted by molar-refractivity contribution is -0.142. The molecule has 0 aliphatic carbocycles. The Balaban J connectivity index is 2.01. The van der Waals surface area contributed by atoms with Gasteiger partial charge in [0.15, 0.2) is 0 Å². The summed E-state index contributed by atoms with van der Waals surface area (Å²) in [4.78, 5) is 25.0. The van der Waals surface area contributed by atoms with Crippen molar-refractivity contribution < 1.29 is 14.3 Å². The predicted octanol–water partition coefficient (Wildman–Crippen LogP) is 3.57. The zero-order chi connectivity index (χ0) is 19.6. The van der Waals surface area contributed by atoms with Gasteiger partial charge in [-0.05, 0) is 67.6 Å². The third kappa shape index (κ3) is 3.88. The number of rotatable bonds is 5. The topological polar surface area (TPSA) is 67.4 Å². The Morgan fingerprint density at radius 3 is 2.30 bits per heavy atom. The second-order valence-electron chi connectivity index (χ2n) is 6.97. The number of anilines is 1. The minimum atomic E-state index is -0.281. The fraction of sp³-hybridized carbons (Fsp3) is 0.364. The van der Waals surface area contributed by atoms with E-state index in [1.54, 1.807) is 6.92 Å². The minimum absolute atomic E-state index is 0.150. The summed E-state index contributed by atoms with van der Waals surface area (Å²) in [6.45, 7) is 9.70. The number of amides is 1. The summed E-state index contributed by atoms with van der Waals surface area (Å²) in [5.41, 5.74) is 7.76. The highest BCUT2D eigenvalue weighted by molar-refractivity contribution is 6.05. The van der Waals surface area contributed by atoms with Gasteiger partial charge in [-0.1, -0.05) is 17.7 Å². The smallest absolute Gasteiger partial charge is 0.310 e. The van der Waals surface area contributed by atoms with Crippen molar-refractivity contribution in [3.63, 3.8) is 0 Å². The zero-order valence-electron chi connectivity index (χ0n) is 16.4. The maximum absolute atomic E-state index is 12.8. The molecule has 1 aliphatic heterocycles. The first-order chi connectivity index (χ1) is 12.9. The van der Waals surface area contributed by atoms with Gasteiger partial charge in [0, 0.05) is 24.3 Å². The van der Waals surface area contributed by atoms with E-state index in [1.807, 2.05) is 45.0 Å². The molecule has 5 nitrogen and oxygen atoms in total. The van der Waals surface area contributed by atoms with Crippen LogP contribution in [0.2, 0.25) is 0 Å². The molecule has 3 rings (SSSR count). The summed E-state index contributed by atoms with van der Waals surface area (Å²) in [6, 6.07) is 7.46. The van der Waals surface area contributed by atoms with Crippen LogP contribution in [0.5, 0.6) is 0 Å². The predicted molar refractivity (Wildman–Crippen MR) is 106 cm³/mol. The van der Waals surface area contributed by atoms with Gasteiger partial charge < -0.3 is 15.4 Å². The molecule has 0 aromatic heterocycles. The fourth-order valence-corrected chi connectivity index (χ4v) is 3.63. The summed E-state index contributed by atoms with van der Waals surface area (Å²) in [5, 5.41) is 6.42. The van der Waals surface area contributed by atoms with Crippen molar-refractivity contribution >= 4 is 17.6 Å². The number of benzene rings is 2. The van der Waals surface area contributed by atoms with E-state index in [1.165, 1.54) is 11.1 Å². The van der Waals surface area contributed by atoms with Crippen LogP contribution in [0.1, 0.15) is 50.7 Å². The van der Waals surface area contributed by atoms with E-state index >= 15 is 0 Å². The van der Waals surface area contributed by atoms with Crippen LogP contribution in [-0.4, -0.2) is 18.5 Å². The number of aryl methyl sites for hydroxylation is 1. The van der Waals surface area contributed by atoms with Gasteiger partial charge in [-0.15, -0.1) is 0 Å². The van der Waals surface area contributed by atoms with Crippen molar-refractivity contribution in [2.45, 2.75) is 47.2 Å². The molecule has 0 radical (unpaired) electrons. The van der Waals surface area contributed by atoms with Crippen molar-refractivity contribution in [2.75, 3.05) is 11.9 Å². The van der Waals surface area contributed by atoms with Crippen molar-refractivity contribution in [3.05, 3.63) is 63.2 Å². The van der Waals surface area contributed by atoms with Gasteiger partial charge in [0.2, 0.25) is 0 Å². The van der Waals surface area contributed by atoms with Gasteiger partial charge >= 0.3 is 5.97 Å². The van der Waals surface area contributed by atoms with E-state index < -0.39 is 0 Å². The molecule has 0 unspecified atom stereocenters. The molecule has 1 amide bonds. The Hall–Kier alpha value is -2.66. The lowest BCUT2D eigenvalue weighted by Gasteiger charge is -2.20. The van der Waals surface area contributed by atoms with Crippen LogP contribution in [0.3, 0.4) is 0 Å². The summed E-state index contributed by atoms with van der Waals surface area (Å²) >= 11 is 0. The first-order valence-electron chi connectivity index (χ1n) is 9.30. The van der Waals surface area contributed by atoms with Gasteiger partial charge in [0.05, 0.1) is 13.0 Å². The van der Waals surface area contributed by atoms with Gasteiger partial charge in [-0.2, -0.15) is 0 Å². The molecule has 142 valence electrons. The molecule has 0 spiro atoms. The molecule has 1 heterocycles. The summed E-state index contributed by atoms with van der Waals surface area (Å²) in [6.07, 6.45) is 0.150. The molecule has 5 heteroatoms. The molecule has 0 atom stereocenters. The van der Waals surface area contributed by atoms with Gasteiger partial charge in [0.1, 0.15) is 0 Å². The number of ether oxygens (including phenoxy) is 1. The van der Waals surface area contributed by atoms with E-state index in [0.717, 1.165) is 41.0 Å². The third-order valence-corrected chi connectivity index (χ3v) is 5.18. The van der Waals surface area contributed by atoms with Gasteiger partial charge in [-0.25, -0.2) is 0 Å². The molecule has 0 saturated carbocycles. The fourth-order valence-electron chi connectivity index (χ4n) is 3.63. The number of nitrogens with one attached hydrogen (secondary N) is 2. The second-order valence-corrected chi connectivity index (χ2v) is 6.97. The maximum atomic E-state index is 12.8. The Morgan fingerprint density at radius 2 is 1.67 bits per heavy atom. The van der Waals surface area contributed by atoms with E-state index in [4.69, 9.17) is 4.74 Å². The number of fused-ring (bicyclic) bond motifs is 1. The SMILES string of the molecule is CCOC(=O)Cc1c(C)c2c(c(C)c1NC(=O)c1ccc(C)cc1)CNC2. The average Bonchev–Trinajstić information content (AvgIpc) is 3.13. The van der Waals surface area contributed by atoms with Crippen molar-refractivity contribution in [3.8, 4) is 0 Å². The first-order valence-corrected chi connectivity index (χ1v) is 9.30. The molecule has 2 aromatic carbocycles. The van der Waals surface area contributed by atoms with E-state index in [9.17, 15) is 9.59 Å². The molecule has 0 saturated heterocycles. The zero-order valence-corrected chi connectivity index (χ0v) is 16.4. The maximum Gasteiger partial charge on any atom is 0.310 e. The number of hydrogen-bond donors (Lipinski definition) is 2. The van der Waals surface area contributed by atoms with Crippen LogP contribution < -0.4 is 10.6 Å². The monoisotopic (exact) mass is 366 g/mol. The molecule has 2 aromatic rings. The van der Waals surface area contributed by atoms with Crippen molar-refractivity contribution in [1.29, 1.82) is 0 Å². The number of esters is 1. The molecule has 27 heavy (non-hydrogen) atoms. The second kappa shape index (κ2) is 7.92. The number of carbonyl (C=O) groups excluding carboxylic acids is 2. The largest absolute Gasteiger partial charge is 0.466 e. The van der Waals surface area contributed by atoms with Crippen LogP contribution in [-0.2, 0) is 29.0 Å². The Bertz CT molecular complexity index is 886. The van der Waals surface area contributed by atoms with E-state index in [0.29, 0.717) is 12.2 Å². The molecular weight excluding hydrogens is 340 g/mol. The van der Waals surface area contributed by atoms with Crippen LogP contribution in [0, 0.1) is 20.8 Å². The molecule has 2 N–H and O–H groups in total. The standard InChI is InChI=1S/C22H26N2O3/c1-5-27-20(25)10-17-14(3)18-11-23-12-19(18)15(4)21(17)24-22(26)16-8-6-13(2)7-9-16/h6-9,23H,5,10-12H2,1-4H3,(H,24,26). The third-order valence-electron chi connectivity index (χ3n) is 5.18. The van der Waals surface area contributed by atoms with Gasteiger partial charge in [0.25, 0.3) is 5.91 Å². The molecule has 1 aliphatic rings. The van der Waals surface area contributed by atoms with Crippen molar-refractivity contribution in [2.24, 2.45) is 0 Å². The Morgan fingerprint density at radius 1 is 1.04 bits per heavy atom. The van der Waals surface area contributed by atoms with Crippen LogP contribution >= 0.6 is 0 Å². The number of carbonyl (C=O) groups is 2. The molecular formula is C22H26N2O3.